The molecule has 1 aromatic carbocycles. The molecule has 3 aromatic rings. The van der Waals surface area contributed by atoms with Crippen LogP contribution in [-0.4, -0.2) is 54.1 Å². The fourth-order valence-corrected chi connectivity index (χ4v) is 4.15. The topological polar surface area (TPSA) is 80.3 Å². The molecule has 30 heavy (non-hydrogen) atoms. The van der Waals surface area contributed by atoms with Crippen molar-refractivity contribution in [1.82, 2.24) is 15.2 Å². The zero-order chi connectivity index (χ0) is 21.1. The number of esters is 1. The molecule has 0 amide bonds. The number of aromatic amines is 1. The molecule has 1 N–H and O–H groups in total. The minimum Gasteiger partial charge on any atom is -0.469 e. The molecule has 3 heterocycles. The minimum absolute atomic E-state index is 0.169. The number of rotatable bonds is 7. The van der Waals surface area contributed by atoms with Gasteiger partial charge in [0.15, 0.2) is 0 Å². The van der Waals surface area contributed by atoms with Gasteiger partial charge in [-0.2, -0.15) is 5.10 Å². The van der Waals surface area contributed by atoms with E-state index in [1.165, 1.54) is 7.11 Å². The van der Waals surface area contributed by atoms with Gasteiger partial charge >= 0.3 is 5.97 Å². The van der Waals surface area contributed by atoms with Crippen LogP contribution in [0.25, 0.3) is 22.0 Å². The number of nitrogens with one attached hydrogen (secondary N) is 1. The highest BCUT2D eigenvalue weighted by molar-refractivity contribution is 6.45. The fraction of sp³-hybridized carbons (Fsp3) is 0.381. The number of ether oxygens (including phenoxy) is 2. The van der Waals surface area contributed by atoms with Crippen LogP contribution in [0.4, 0.5) is 5.82 Å². The van der Waals surface area contributed by atoms with Crippen molar-refractivity contribution in [3.63, 3.8) is 0 Å². The number of fused-ring (bicyclic) bond motifs is 1. The number of nitrogens with zero attached hydrogens (tertiary/aromatic N) is 3. The summed E-state index contributed by atoms with van der Waals surface area (Å²) in [5.74, 6) is 0.549. The smallest absolute Gasteiger partial charge is 0.307 e. The normalized spacial score (nSPS) is 16.4. The van der Waals surface area contributed by atoms with E-state index in [2.05, 4.69) is 25.9 Å². The zero-order valence-electron chi connectivity index (χ0n) is 16.5. The summed E-state index contributed by atoms with van der Waals surface area (Å²) in [7, 11) is 1.38. The van der Waals surface area contributed by atoms with Gasteiger partial charge in [0.1, 0.15) is 5.82 Å². The fourth-order valence-electron chi connectivity index (χ4n) is 3.79. The number of halogens is 2. The number of aromatic nitrogens is 3. The second-order valence-electron chi connectivity index (χ2n) is 7.16. The maximum atomic E-state index is 11.3. The van der Waals surface area contributed by atoms with Crippen molar-refractivity contribution in [2.75, 3.05) is 31.8 Å². The molecule has 1 saturated heterocycles. The first kappa shape index (κ1) is 20.9. The van der Waals surface area contributed by atoms with E-state index in [-0.39, 0.29) is 18.4 Å². The van der Waals surface area contributed by atoms with E-state index in [0.29, 0.717) is 28.8 Å². The molecule has 4 rings (SSSR count). The molecule has 0 unspecified atom stereocenters. The van der Waals surface area contributed by atoms with Crippen LogP contribution in [0, 0.1) is 0 Å². The number of benzene rings is 1. The molecule has 0 radical (unpaired) electrons. The van der Waals surface area contributed by atoms with Crippen LogP contribution in [0.3, 0.4) is 0 Å². The molecular formula is C21H22Cl2N4O3. The number of pyridine rings is 1. The summed E-state index contributed by atoms with van der Waals surface area (Å²) in [6.07, 6.45) is 5.89. The Morgan fingerprint density at radius 1 is 1.37 bits per heavy atom. The van der Waals surface area contributed by atoms with Crippen LogP contribution in [0.1, 0.15) is 19.3 Å². The summed E-state index contributed by atoms with van der Waals surface area (Å²) < 4.78 is 10.4. The van der Waals surface area contributed by atoms with Crippen molar-refractivity contribution < 1.29 is 14.3 Å². The molecule has 0 spiro atoms. The number of methoxy groups -OCH3 is 1. The molecule has 0 aliphatic carbocycles. The lowest BCUT2D eigenvalue weighted by molar-refractivity contribution is -0.141. The predicted octanol–water partition coefficient (Wildman–Crippen LogP) is 4.48. The summed E-state index contributed by atoms with van der Waals surface area (Å²) in [4.78, 5) is 18.4. The van der Waals surface area contributed by atoms with Crippen molar-refractivity contribution in [2.24, 2.45) is 0 Å². The van der Waals surface area contributed by atoms with Gasteiger partial charge in [0.25, 0.3) is 0 Å². The molecule has 1 atom stereocenters. The van der Waals surface area contributed by atoms with E-state index in [0.717, 1.165) is 41.7 Å². The highest BCUT2D eigenvalue weighted by Crippen LogP contribution is 2.38. The lowest BCUT2D eigenvalue weighted by Gasteiger charge is -2.26. The molecule has 0 bridgehead atoms. The zero-order valence-corrected chi connectivity index (χ0v) is 18.0. The van der Waals surface area contributed by atoms with Gasteiger partial charge in [-0.05, 0) is 30.5 Å². The third-order valence-corrected chi connectivity index (χ3v) is 6.12. The van der Waals surface area contributed by atoms with E-state index >= 15 is 0 Å². The number of H-pyrrole nitrogens is 1. The van der Waals surface area contributed by atoms with Gasteiger partial charge in [0.2, 0.25) is 0 Å². The van der Waals surface area contributed by atoms with E-state index in [4.69, 9.17) is 32.9 Å². The number of hydrogen-bond acceptors (Lipinski definition) is 6. The van der Waals surface area contributed by atoms with Gasteiger partial charge in [0.05, 0.1) is 54.5 Å². The van der Waals surface area contributed by atoms with Gasteiger partial charge in [-0.3, -0.25) is 9.89 Å². The predicted molar refractivity (Wildman–Crippen MR) is 117 cm³/mol. The third-order valence-electron chi connectivity index (χ3n) is 5.33. The second kappa shape index (κ2) is 9.20. The minimum atomic E-state index is -0.272. The molecule has 1 aliphatic heterocycles. The SMILES string of the molecule is COC(=O)CCOC[C@@H]1CCCN1c1cc(-c2cn[nH]c2)c2ccc(Cl)c(Cl)c2n1. The Kier molecular flexibility index (Phi) is 6.41. The van der Waals surface area contributed by atoms with E-state index in [1.807, 2.05) is 12.3 Å². The molecular weight excluding hydrogens is 427 g/mol. The van der Waals surface area contributed by atoms with Crippen LogP contribution in [0.5, 0.6) is 0 Å². The average molecular weight is 449 g/mol. The second-order valence-corrected chi connectivity index (χ2v) is 7.95. The molecule has 1 aliphatic rings. The van der Waals surface area contributed by atoms with Crippen LogP contribution in [0.15, 0.2) is 30.6 Å². The van der Waals surface area contributed by atoms with Gasteiger partial charge in [-0.25, -0.2) is 4.98 Å². The maximum Gasteiger partial charge on any atom is 0.307 e. The monoisotopic (exact) mass is 448 g/mol. The maximum absolute atomic E-state index is 11.3. The van der Waals surface area contributed by atoms with Crippen molar-refractivity contribution in [3.8, 4) is 11.1 Å². The Bertz CT molecular complexity index is 1040. The summed E-state index contributed by atoms with van der Waals surface area (Å²) >= 11 is 12.8. The lowest BCUT2D eigenvalue weighted by atomic mass is 10.0. The van der Waals surface area contributed by atoms with Crippen LogP contribution in [0.2, 0.25) is 10.0 Å². The molecule has 9 heteroatoms. The number of carbonyl (C=O) groups excluding carboxylic acids is 1. The Hall–Kier alpha value is -2.35. The van der Waals surface area contributed by atoms with Crippen molar-refractivity contribution in [2.45, 2.75) is 25.3 Å². The number of carbonyl (C=O) groups is 1. The van der Waals surface area contributed by atoms with Crippen molar-refractivity contribution in [1.29, 1.82) is 0 Å². The van der Waals surface area contributed by atoms with Gasteiger partial charge in [0, 0.05) is 23.7 Å². The average Bonchev–Trinajstić information content (AvgIpc) is 3.45. The Morgan fingerprint density at radius 3 is 3.00 bits per heavy atom. The highest BCUT2D eigenvalue weighted by atomic mass is 35.5. The first-order valence-corrected chi connectivity index (χ1v) is 10.5. The van der Waals surface area contributed by atoms with Gasteiger partial charge < -0.3 is 14.4 Å². The van der Waals surface area contributed by atoms with Gasteiger partial charge in [-0.1, -0.05) is 29.3 Å². The first-order valence-electron chi connectivity index (χ1n) is 9.77. The van der Waals surface area contributed by atoms with Crippen molar-refractivity contribution >= 4 is 45.9 Å². The van der Waals surface area contributed by atoms with Crippen molar-refractivity contribution in [3.05, 3.63) is 40.6 Å². The van der Waals surface area contributed by atoms with Crippen LogP contribution in [-0.2, 0) is 14.3 Å². The van der Waals surface area contributed by atoms with E-state index in [1.54, 1.807) is 12.3 Å². The summed E-state index contributed by atoms with van der Waals surface area (Å²) in [6, 6.07) is 5.94. The molecule has 7 nitrogen and oxygen atoms in total. The summed E-state index contributed by atoms with van der Waals surface area (Å²) in [6.45, 7) is 1.72. The quantitative estimate of drug-likeness (QED) is 0.423. The van der Waals surface area contributed by atoms with Gasteiger partial charge in [-0.15, -0.1) is 0 Å². The highest BCUT2D eigenvalue weighted by Gasteiger charge is 2.27. The summed E-state index contributed by atoms with van der Waals surface area (Å²) in [5, 5.41) is 8.77. The Balaban J connectivity index is 1.64. The third kappa shape index (κ3) is 4.24. The first-order chi connectivity index (χ1) is 14.6. The largest absolute Gasteiger partial charge is 0.469 e. The van der Waals surface area contributed by atoms with Crippen LogP contribution >= 0.6 is 23.2 Å². The van der Waals surface area contributed by atoms with E-state index < -0.39 is 0 Å². The Morgan fingerprint density at radius 2 is 2.23 bits per heavy atom. The molecule has 0 saturated carbocycles. The Labute approximate surface area is 184 Å². The summed E-state index contributed by atoms with van der Waals surface area (Å²) in [5.41, 5.74) is 2.60. The van der Waals surface area contributed by atoms with E-state index in [9.17, 15) is 4.79 Å². The molecule has 2 aromatic heterocycles. The standard InChI is InChI=1S/C21H22Cl2N4O3/c1-29-19(28)6-8-30-12-14-3-2-7-27(14)18-9-16(13-10-24-25-11-13)15-4-5-17(22)20(23)21(15)26-18/h4-5,9-11,14H,2-3,6-8,12H2,1H3,(H,24,25)/t14-/m0/s1. The molecule has 158 valence electrons. The van der Waals surface area contributed by atoms with Crippen LogP contribution < -0.4 is 4.90 Å². The molecule has 1 fully saturated rings. The number of hydrogen-bond donors (Lipinski definition) is 1. The number of anilines is 1. The lowest BCUT2D eigenvalue weighted by Crippen LogP contribution is -2.34.